The quantitative estimate of drug-likeness (QED) is 0.139. The predicted octanol–water partition coefficient (Wildman–Crippen LogP) is 6.61. The van der Waals surface area contributed by atoms with Crippen LogP contribution in [-0.4, -0.2) is 44.1 Å². The average molecular weight is 608 g/mol. The summed E-state index contributed by atoms with van der Waals surface area (Å²) in [5.74, 6) is 0.456. The largest absolute Gasteiger partial charge is 0.495 e. The van der Waals surface area contributed by atoms with Gasteiger partial charge in [-0.2, -0.15) is 0 Å². The Bertz CT molecular complexity index is 1670. The number of hydrogen-bond acceptors (Lipinski definition) is 6. The fourth-order valence-corrected chi connectivity index (χ4v) is 4.53. The molecule has 9 nitrogen and oxygen atoms in total. The van der Waals surface area contributed by atoms with Gasteiger partial charge in [0, 0.05) is 30.9 Å². The van der Waals surface area contributed by atoms with Crippen LogP contribution < -0.4 is 20.1 Å². The number of methoxy groups -OCH3 is 2. The number of nitrogens with zero attached hydrogens (tertiary/aromatic N) is 1. The van der Waals surface area contributed by atoms with Gasteiger partial charge in [0.2, 0.25) is 5.91 Å². The number of benzene rings is 4. The van der Waals surface area contributed by atoms with Gasteiger partial charge in [-0.15, -0.1) is 0 Å². The van der Waals surface area contributed by atoms with Crippen LogP contribution in [0.3, 0.4) is 0 Å². The van der Waals surface area contributed by atoms with Crippen molar-refractivity contribution in [3.63, 3.8) is 0 Å². The average Bonchev–Trinajstić information content (AvgIpc) is 3.05. The van der Waals surface area contributed by atoms with Gasteiger partial charge in [0.1, 0.15) is 18.1 Å². The molecule has 0 fully saturated rings. The molecule has 0 aliphatic carbocycles. The van der Waals surface area contributed by atoms with E-state index in [9.17, 15) is 14.4 Å². The number of nitrogens with one attached hydrogen (secondary N) is 2. The zero-order valence-electron chi connectivity index (χ0n) is 25.8. The lowest BCUT2D eigenvalue weighted by Crippen LogP contribution is -2.27. The lowest BCUT2D eigenvalue weighted by molar-refractivity contribution is -0.134. The summed E-state index contributed by atoms with van der Waals surface area (Å²) in [4.78, 5) is 39.2. The van der Waals surface area contributed by atoms with Crippen LogP contribution in [0.15, 0.2) is 97.1 Å². The zero-order chi connectivity index (χ0) is 32.2. The summed E-state index contributed by atoms with van der Waals surface area (Å²) < 4.78 is 16.3. The molecule has 3 amide bonds. The first kappa shape index (κ1) is 32.3. The predicted molar refractivity (Wildman–Crippen MR) is 175 cm³/mol. The summed E-state index contributed by atoms with van der Waals surface area (Å²) in [6.07, 6.45) is 3.11. The molecule has 0 bridgehead atoms. The smallest absolute Gasteiger partial charge is 0.330 e. The van der Waals surface area contributed by atoms with Crippen LogP contribution in [0.4, 0.5) is 16.2 Å². The lowest BCUT2D eigenvalue weighted by atomic mass is 10.1. The number of hydrogen-bond donors (Lipinski definition) is 2. The summed E-state index contributed by atoms with van der Waals surface area (Å²) in [6, 6.07) is 27.7. The van der Waals surface area contributed by atoms with Gasteiger partial charge >= 0.3 is 12.0 Å². The van der Waals surface area contributed by atoms with E-state index in [1.54, 1.807) is 36.2 Å². The van der Waals surface area contributed by atoms with E-state index in [1.807, 2.05) is 79.7 Å². The van der Waals surface area contributed by atoms with Gasteiger partial charge in [0.25, 0.3) is 0 Å². The van der Waals surface area contributed by atoms with Crippen LogP contribution in [0.25, 0.3) is 6.08 Å². The van der Waals surface area contributed by atoms with E-state index in [1.165, 1.54) is 20.3 Å². The lowest BCUT2D eigenvalue weighted by Gasteiger charge is -2.19. The molecule has 45 heavy (non-hydrogen) atoms. The van der Waals surface area contributed by atoms with Crippen molar-refractivity contribution < 1.29 is 28.6 Å². The molecule has 0 heterocycles. The summed E-state index contributed by atoms with van der Waals surface area (Å²) in [5.41, 5.74) is 5.43. The number of rotatable bonds is 12. The molecule has 0 aliphatic rings. The number of amides is 3. The van der Waals surface area contributed by atoms with Crippen LogP contribution in [0.2, 0.25) is 0 Å². The van der Waals surface area contributed by atoms with E-state index in [2.05, 4.69) is 10.6 Å². The molecular weight excluding hydrogens is 570 g/mol. The molecule has 0 spiro atoms. The number of esters is 1. The number of aryl methyl sites for hydroxylation is 1. The summed E-state index contributed by atoms with van der Waals surface area (Å²) in [7, 11) is 4.56. The molecule has 0 saturated carbocycles. The molecule has 0 radical (unpaired) electrons. The van der Waals surface area contributed by atoms with Gasteiger partial charge in [0.15, 0.2) is 0 Å². The molecule has 232 valence electrons. The van der Waals surface area contributed by atoms with Crippen molar-refractivity contribution in [1.29, 1.82) is 0 Å². The number of carbonyl (C=O) groups is 3. The second-order valence-electron chi connectivity index (χ2n) is 10.4. The number of likely N-dealkylation sites (N-methyl/N-ethyl adjacent to an activating group) is 1. The first-order valence-electron chi connectivity index (χ1n) is 14.4. The fraction of sp³-hybridized carbons (Fsp3) is 0.194. The van der Waals surface area contributed by atoms with Crippen molar-refractivity contribution in [3.8, 4) is 11.5 Å². The Morgan fingerprint density at radius 2 is 1.49 bits per heavy atom. The molecule has 2 N–H and O–H groups in total. The Kier molecular flexibility index (Phi) is 11.3. The van der Waals surface area contributed by atoms with E-state index in [0.717, 1.165) is 22.3 Å². The van der Waals surface area contributed by atoms with Gasteiger partial charge in [-0.05, 0) is 65.6 Å². The third-order valence-corrected chi connectivity index (χ3v) is 7.02. The molecule has 0 atom stereocenters. The topological polar surface area (TPSA) is 106 Å². The van der Waals surface area contributed by atoms with E-state index < -0.39 is 12.0 Å². The van der Waals surface area contributed by atoms with Crippen LogP contribution in [0.5, 0.6) is 11.5 Å². The standard InChI is InChI=1S/C36H37N3O6/c1-25-10-8-9-13-30(25)37-36(42)38-31-17-14-27(21-33(31)43-3)22-34(40)39(2)23-28-15-18-32(29(20-28)16-19-35(41)44-4)45-24-26-11-6-5-7-12-26/h5-21H,22-24H2,1-4H3,(H2,37,38,42). The molecule has 4 aromatic carbocycles. The fourth-order valence-electron chi connectivity index (χ4n) is 4.53. The summed E-state index contributed by atoms with van der Waals surface area (Å²) in [6.45, 7) is 2.62. The maximum absolute atomic E-state index is 13.2. The summed E-state index contributed by atoms with van der Waals surface area (Å²) >= 11 is 0. The first-order valence-corrected chi connectivity index (χ1v) is 14.4. The van der Waals surface area contributed by atoms with E-state index in [4.69, 9.17) is 14.2 Å². The molecule has 0 aromatic heterocycles. The maximum Gasteiger partial charge on any atom is 0.330 e. The van der Waals surface area contributed by atoms with Crippen LogP contribution in [0, 0.1) is 6.92 Å². The van der Waals surface area contributed by atoms with Crippen molar-refractivity contribution in [1.82, 2.24) is 4.90 Å². The highest BCUT2D eigenvalue weighted by molar-refractivity contribution is 6.01. The number of para-hydroxylation sites is 1. The second kappa shape index (κ2) is 15.8. The van der Waals surface area contributed by atoms with Gasteiger partial charge in [-0.25, -0.2) is 9.59 Å². The first-order chi connectivity index (χ1) is 21.7. The number of anilines is 2. The van der Waals surface area contributed by atoms with E-state index in [0.29, 0.717) is 41.6 Å². The third-order valence-electron chi connectivity index (χ3n) is 7.02. The van der Waals surface area contributed by atoms with Crippen molar-refractivity contribution in [2.45, 2.75) is 26.5 Å². The van der Waals surface area contributed by atoms with Gasteiger partial charge in [-0.1, -0.05) is 60.7 Å². The minimum Gasteiger partial charge on any atom is -0.495 e. The Morgan fingerprint density at radius 1 is 0.778 bits per heavy atom. The minimum atomic E-state index is -0.481. The van der Waals surface area contributed by atoms with Crippen molar-refractivity contribution in [2.75, 3.05) is 31.9 Å². The molecule has 9 heteroatoms. The van der Waals surface area contributed by atoms with Crippen molar-refractivity contribution in [2.24, 2.45) is 0 Å². The Hall–Kier alpha value is -5.57. The van der Waals surface area contributed by atoms with Gasteiger partial charge in [0.05, 0.1) is 26.3 Å². The Balaban J connectivity index is 1.41. The SMILES string of the molecule is COC(=O)C=Cc1cc(CN(C)C(=O)Cc2ccc(NC(=O)Nc3ccccc3C)c(OC)c2)ccc1OCc1ccccc1. The highest BCUT2D eigenvalue weighted by atomic mass is 16.5. The second-order valence-corrected chi connectivity index (χ2v) is 10.4. The Labute approximate surface area is 263 Å². The van der Waals surface area contributed by atoms with E-state index in [-0.39, 0.29) is 12.3 Å². The van der Waals surface area contributed by atoms with Crippen LogP contribution >= 0.6 is 0 Å². The number of carbonyl (C=O) groups excluding carboxylic acids is 3. The Morgan fingerprint density at radius 3 is 2.22 bits per heavy atom. The third kappa shape index (κ3) is 9.46. The van der Waals surface area contributed by atoms with Crippen molar-refractivity contribution in [3.05, 3.63) is 125 Å². The molecular formula is C36H37N3O6. The molecule has 0 unspecified atom stereocenters. The number of urea groups is 1. The monoisotopic (exact) mass is 607 g/mol. The zero-order valence-corrected chi connectivity index (χ0v) is 25.8. The maximum atomic E-state index is 13.2. The number of ether oxygens (including phenoxy) is 3. The van der Waals surface area contributed by atoms with Gasteiger partial charge in [-0.3, -0.25) is 4.79 Å². The molecule has 0 aliphatic heterocycles. The summed E-state index contributed by atoms with van der Waals surface area (Å²) in [5, 5.41) is 5.64. The normalized spacial score (nSPS) is 10.7. The molecule has 4 rings (SSSR count). The van der Waals surface area contributed by atoms with Crippen molar-refractivity contribution >= 4 is 35.4 Å². The van der Waals surface area contributed by atoms with E-state index >= 15 is 0 Å². The highest BCUT2D eigenvalue weighted by Gasteiger charge is 2.15. The van der Waals surface area contributed by atoms with Gasteiger partial charge < -0.3 is 29.7 Å². The minimum absolute atomic E-state index is 0.105. The molecule has 0 saturated heterocycles. The van der Waals surface area contributed by atoms with Crippen LogP contribution in [-0.2, 0) is 33.9 Å². The molecule has 4 aromatic rings. The van der Waals surface area contributed by atoms with Crippen LogP contribution in [0.1, 0.15) is 27.8 Å². The highest BCUT2D eigenvalue weighted by Crippen LogP contribution is 2.27.